The fraction of sp³-hybridized carbons (Fsp3) is 0.211. The zero-order valence-corrected chi connectivity index (χ0v) is 17.0. The summed E-state index contributed by atoms with van der Waals surface area (Å²) in [6.45, 7) is 4.79. The summed E-state index contributed by atoms with van der Waals surface area (Å²) in [5, 5.41) is 12.2. The van der Waals surface area contributed by atoms with Crippen LogP contribution in [-0.4, -0.2) is 26.4 Å². The Bertz CT molecular complexity index is 911. The van der Waals surface area contributed by atoms with E-state index in [1.54, 1.807) is 0 Å². The number of hydrogen-bond acceptors (Lipinski definition) is 4. The highest BCUT2D eigenvalue weighted by molar-refractivity contribution is 9.10. The first kappa shape index (κ1) is 18.7. The Morgan fingerprint density at radius 3 is 2.65 bits per heavy atom. The molecule has 26 heavy (non-hydrogen) atoms. The van der Waals surface area contributed by atoms with Crippen molar-refractivity contribution in [2.24, 2.45) is 0 Å². The van der Waals surface area contributed by atoms with Crippen molar-refractivity contribution in [3.8, 4) is 11.4 Å². The molecule has 1 heterocycles. The molecular weight excluding hydrogens is 412 g/mol. The largest absolute Gasteiger partial charge is 0.324 e. The van der Waals surface area contributed by atoms with Crippen molar-refractivity contribution in [2.75, 3.05) is 11.1 Å². The van der Waals surface area contributed by atoms with Crippen LogP contribution in [0.25, 0.3) is 11.4 Å². The standard InChI is InChI=1S/C19H19BrN4OS/c1-3-24-18(14-7-5-4-6-8-14)22-23-19(24)26-12-17(25)21-16-10-9-13(2)11-15(16)20/h4-11H,3,12H2,1-2H3,(H,21,25). The highest BCUT2D eigenvalue weighted by atomic mass is 79.9. The maximum Gasteiger partial charge on any atom is 0.234 e. The van der Waals surface area contributed by atoms with E-state index in [2.05, 4.69) is 31.4 Å². The zero-order chi connectivity index (χ0) is 18.5. The molecule has 2 aromatic carbocycles. The van der Waals surface area contributed by atoms with E-state index >= 15 is 0 Å². The molecule has 0 bridgehead atoms. The third kappa shape index (κ3) is 4.34. The molecule has 7 heteroatoms. The minimum Gasteiger partial charge on any atom is -0.324 e. The Kier molecular flexibility index (Phi) is 6.11. The number of nitrogens with zero attached hydrogens (tertiary/aromatic N) is 3. The van der Waals surface area contributed by atoms with Gasteiger partial charge in [-0.3, -0.25) is 4.79 Å². The number of aromatic nitrogens is 3. The van der Waals surface area contributed by atoms with Gasteiger partial charge in [0, 0.05) is 16.6 Å². The van der Waals surface area contributed by atoms with Crippen LogP contribution in [0, 0.1) is 6.92 Å². The number of carbonyl (C=O) groups excluding carboxylic acids is 1. The summed E-state index contributed by atoms with van der Waals surface area (Å²) < 4.78 is 2.90. The van der Waals surface area contributed by atoms with Crippen LogP contribution in [0.3, 0.4) is 0 Å². The number of nitrogens with one attached hydrogen (secondary N) is 1. The van der Waals surface area contributed by atoms with Gasteiger partial charge in [-0.2, -0.15) is 0 Å². The number of hydrogen-bond donors (Lipinski definition) is 1. The lowest BCUT2D eigenvalue weighted by atomic mass is 10.2. The number of halogens is 1. The van der Waals surface area contributed by atoms with E-state index < -0.39 is 0 Å². The Morgan fingerprint density at radius 2 is 1.96 bits per heavy atom. The van der Waals surface area contributed by atoms with Crippen LogP contribution in [0.5, 0.6) is 0 Å². The second kappa shape index (κ2) is 8.51. The van der Waals surface area contributed by atoms with Crippen molar-refractivity contribution in [2.45, 2.75) is 25.5 Å². The molecule has 134 valence electrons. The first-order valence-corrected chi connectivity index (χ1v) is 10.0. The molecule has 3 rings (SSSR count). The van der Waals surface area contributed by atoms with Crippen LogP contribution in [-0.2, 0) is 11.3 Å². The van der Waals surface area contributed by atoms with Crippen LogP contribution in [0.4, 0.5) is 5.69 Å². The van der Waals surface area contributed by atoms with E-state index in [1.165, 1.54) is 11.8 Å². The van der Waals surface area contributed by atoms with Crippen molar-refractivity contribution >= 4 is 39.3 Å². The van der Waals surface area contributed by atoms with E-state index in [0.29, 0.717) is 0 Å². The summed E-state index contributed by atoms with van der Waals surface area (Å²) in [5.41, 5.74) is 2.92. The van der Waals surface area contributed by atoms with Gasteiger partial charge < -0.3 is 9.88 Å². The fourth-order valence-corrected chi connectivity index (χ4v) is 3.91. The summed E-state index contributed by atoms with van der Waals surface area (Å²) in [7, 11) is 0. The Balaban J connectivity index is 1.68. The number of anilines is 1. The number of rotatable bonds is 6. The molecule has 0 unspecified atom stereocenters. The average Bonchev–Trinajstić information content (AvgIpc) is 3.06. The molecule has 1 aromatic heterocycles. The van der Waals surface area contributed by atoms with Crippen LogP contribution in [0.1, 0.15) is 12.5 Å². The highest BCUT2D eigenvalue weighted by Gasteiger charge is 2.14. The molecule has 0 aliphatic rings. The number of amides is 1. The Labute approximate surface area is 165 Å². The van der Waals surface area contributed by atoms with E-state index in [1.807, 2.05) is 66.9 Å². The lowest BCUT2D eigenvalue weighted by Gasteiger charge is -2.09. The predicted molar refractivity (Wildman–Crippen MR) is 109 cm³/mol. The van der Waals surface area contributed by atoms with E-state index in [0.717, 1.165) is 38.8 Å². The van der Waals surface area contributed by atoms with Crippen molar-refractivity contribution in [1.82, 2.24) is 14.8 Å². The van der Waals surface area contributed by atoms with Crippen LogP contribution < -0.4 is 5.32 Å². The van der Waals surface area contributed by atoms with E-state index in [4.69, 9.17) is 0 Å². The van der Waals surface area contributed by atoms with Crippen molar-refractivity contribution in [3.05, 3.63) is 58.6 Å². The predicted octanol–water partition coefficient (Wildman–Crippen LogP) is 4.77. The van der Waals surface area contributed by atoms with Gasteiger partial charge in [-0.15, -0.1) is 10.2 Å². The molecular formula is C19H19BrN4OS. The molecule has 0 atom stereocenters. The first-order chi connectivity index (χ1) is 12.6. The quantitative estimate of drug-likeness (QED) is 0.572. The van der Waals surface area contributed by atoms with Crippen molar-refractivity contribution in [1.29, 1.82) is 0 Å². The van der Waals surface area contributed by atoms with Gasteiger partial charge >= 0.3 is 0 Å². The summed E-state index contributed by atoms with van der Waals surface area (Å²) >= 11 is 4.86. The second-order valence-corrected chi connectivity index (χ2v) is 7.53. The van der Waals surface area contributed by atoms with Gasteiger partial charge in [0.25, 0.3) is 0 Å². The van der Waals surface area contributed by atoms with Gasteiger partial charge in [0.2, 0.25) is 5.91 Å². The van der Waals surface area contributed by atoms with Crippen molar-refractivity contribution in [3.63, 3.8) is 0 Å². The number of carbonyl (C=O) groups is 1. The molecule has 0 radical (unpaired) electrons. The maximum atomic E-state index is 12.3. The van der Waals surface area contributed by atoms with Gasteiger partial charge in [-0.25, -0.2) is 0 Å². The molecule has 0 saturated carbocycles. The average molecular weight is 431 g/mol. The maximum absolute atomic E-state index is 12.3. The number of aryl methyl sites for hydroxylation is 1. The van der Waals surface area contributed by atoms with E-state index in [9.17, 15) is 4.79 Å². The second-order valence-electron chi connectivity index (χ2n) is 5.74. The third-order valence-electron chi connectivity index (χ3n) is 3.80. The molecule has 1 amide bonds. The van der Waals surface area contributed by atoms with Crippen molar-refractivity contribution < 1.29 is 4.79 Å². The SMILES string of the molecule is CCn1c(SCC(=O)Nc2ccc(C)cc2Br)nnc1-c1ccccc1. The topological polar surface area (TPSA) is 59.8 Å². The van der Waals surface area contributed by atoms with E-state index in [-0.39, 0.29) is 11.7 Å². The molecule has 5 nitrogen and oxygen atoms in total. The smallest absolute Gasteiger partial charge is 0.234 e. The van der Waals surface area contributed by atoms with Crippen LogP contribution in [0.15, 0.2) is 58.2 Å². The van der Waals surface area contributed by atoms with Gasteiger partial charge in [0.15, 0.2) is 11.0 Å². The number of thioether (sulfide) groups is 1. The van der Waals surface area contributed by atoms with Gasteiger partial charge in [0.05, 0.1) is 11.4 Å². The minimum atomic E-state index is -0.0773. The van der Waals surface area contributed by atoms with Crippen LogP contribution in [0.2, 0.25) is 0 Å². The lowest BCUT2D eigenvalue weighted by Crippen LogP contribution is -2.15. The lowest BCUT2D eigenvalue weighted by molar-refractivity contribution is -0.113. The molecule has 0 aliphatic heterocycles. The third-order valence-corrected chi connectivity index (χ3v) is 5.42. The molecule has 0 saturated heterocycles. The Morgan fingerprint density at radius 1 is 1.19 bits per heavy atom. The fourth-order valence-electron chi connectivity index (χ4n) is 2.52. The summed E-state index contributed by atoms with van der Waals surface area (Å²) in [4.78, 5) is 12.3. The normalized spacial score (nSPS) is 10.7. The molecule has 0 aliphatic carbocycles. The number of benzene rings is 2. The molecule has 1 N–H and O–H groups in total. The van der Waals surface area contributed by atoms with Crippen LogP contribution >= 0.6 is 27.7 Å². The summed E-state index contributed by atoms with van der Waals surface area (Å²) in [5.74, 6) is 1.01. The van der Waals surface area contributed by atoms with Gasteiger partial charge in [0.1, 0.15) is 0 Å². The first-order valence-electron chi connectivity index (χ1n) is 8.26. The summed E-state index contributed by atoms with van der Waals surface area (Å²) in [6.07, 6.45) is 0. The molecule has 3 aromatic rings. The Hall–Kier alpha value is -2.12. The molecule has 0 spiro atoms. The summed E-state index contributed by atoms with van der Waals surface area (Å²) in [6, 6.07) is 15.8. The highest BCUT2D eigenvalue weighted by Crippen LogP contribution is 2.26. The van der Waals surface area contributed by atoms with Gasteiger partial charge in [-0.1, -0.05) is 48.2 Å². The molecule has 0 fully saturated rings. The monoisotopic (exact) mass is 430 g/mol. The zero-order valence-electron chi connectivity index (χ0n) is 14.6. The van der Waals surface area contributed by atoms with Gasteiger partial charge in [-0.05, 0) is 47.5 Å². The minimum absolute atomic E-state index is 0.0773.